The van der Waals surface area contributed by atoms with E-state index in [0.29, 0.717) is 5.69 Å². The van der Waals surface area contributed by atoms with Crippen LogP contribution >= 0.6 is 0 Å². The maximum Gasteiger partial charge on any atom is 0.252 e. The first-order chi connectivity index (χ1) is 56.1. The van der Waals surface area contributed by atoms with Crippen LogP contribution in [0.1, 0.15) is 143 Å². The molecule has 3 aromatic heterocycles. The van der Waals surface area contributed by atoms with E-state index < -0.39 is 48.4 Å². The second kappa shape index (κ2) is 24.8. The number of fused-ring (bicyclic) bond motifs is 13. The summed E-state index contributed by atoms with van der Waals surface area (Å²) in [4.78, 5) is 5.07. The maximum absolute atomic E-state index is 9.93. The van der Waals surface area contributed by atoms with E-state index in [4.69, 9.17) is 2.74 Å². The predicted octanol–water partition coefficient (Wildman–Crippen LogP) is 26.5. The summed E-state index contributed by atoms with van der Waals surface area (Å²) in [5.74, 6) is 0. The van der Waals surface area contributed by atoms with E-state index in [0.717, 1.165) is 134 Å². The summed E-state index contributed by atoms with van der Waals surface area (Å²) in [7, 11) is 0. The Labute approximate surface area is 659 Å². The monoisotopic (exact) mass is 1430 g/mol. The molecule has 2 aliphatic heterocycles. The Balaban J connectivity index is 1.00. The van der Waals surface area contributed by atoms with Gasteiger partial charge in [0.15, 0.2) is 0 Å². The highest BCUT2D eigenvalue weighted by Gasteiger charge is 2.46. The third-order valence-electron chi connectivity index (χ3n) is 23.4. The number of benzene rings is 14. The largest absolute Gasteiger partial charge is 0.310 e. The minimum Gasteiger partial charge on any atom is -0.310 e. The molecular formula is C104H94BN5. The zero-order valence-electron chi connectivity index (χ0n) is 73.5. The first-order valence-corrected chi connectivity index (χ1v) is 38.8. The summed E-state index contributed by atoms with van der Waals surface area (Å²) < 4.78 is 82.8. The van der Waals surface area contributed by atoms with Crippen LogP contribution in [0, 0.1) is 0 Å². The third kappa shape index (κ3) is 10.9. The number of rotatable bonds is 8. The molecule has 538 valence electrons. The second-order valence-corrected chi connectivity index (χ2v) is 35.6. The Morgan fingerprint density at radius 3 is 1.25 bits per heavy atom. The molecule has 0 amide bonds. The molecule has 5 heterocycles. The van der Waals surface area contributed by atoms with Gasteiger partial charge in [-0.3, -0.25) is 0 Å². The predicted molar refractivity (Wildman–Crippen MR) is 473 cm³/mol. The van der Waals surface area contributed by atoms with E-state index in [2.05, 4.69) is 365 Å². The highest BCUT2D eigenvalue weighted by atomic mass is 15.2. The molecule has 14 aromatic carbocycles. The van der Waals surface area contributed by atoms with Crippen molar-refractivity contribution in [3.8, 4) is 50.4 Å². The zero-order valence-corrected chi connectivity index (χ0v) is 65.5. The highest BCUT2D eigenvalue weighted by Crippen LogP contribution is 2.55. The van der Waals surface area contributed by atoms with Crippen LogP contribution in [0.15, 0.2) is 297 Å². The van der Waals surface area contributed by atoms with Crippen molar-refractivity contribution in [2.45, 2.75) is 131 Å². The second-order valence-electron chi connectivity index (χ2n) is 35.6. The molecule has 0 N–H and O–H groups in total. The topological polar surface area (TPSA) is 21.3 Å². The van der Waals surface area contributed by atoms with E-state index in [9.17, 15) is 8.22 Å². The molecule has 0 aliphatic carbocycles. The van der Waals surface area contributed by atoms with Gasteiger partial charge in [-0.25, -0.2) is 0 Å². The molecule has 5 nitrogen and oxygen atoms in total. The number of hydrogen-bond acceptors (Lipinski definition) is 2. The molecule has 0 saturated heterocycles. The normalized spacial score (nSPS) is 14.4. The van der Waals surface area contributed by atoms with Crippen molar-refractivity contribution in [1.82, 2.24) is 13.7 Å². The molecular weight excluding hydrogens is 1330 g/mol. The molecule has 0 bridgehead atoms. The van der Waals surface area contributed by atoms with Crippen molar-refractivity contribution >= 4 is 123 Å². The van der Waals surface area contributed by atoms with Crippen LogP contribution in [0.5, 0.6) is 0 Å². The number of hydrogen-bond donors (Lipinski definition) is 0. The Hall–Kier alpha value is -11.9. The standard InChI is InChI=1S/C104H94BN5/c1-100(2,3)69-37-29-36-67(56-69)68-48-52-84-92(57-68)110(97-80(65-32-19-16-20-33-65)60-72(103(10,11)12)61-81(97)66-34-21-17-22-35-66)95-63-73(104(13,14)15)62-94-96(95)105(84)85-53-51-75(106-86-44-27-25-40-76(86)77-41-26-28-45-87(77)106)64-93(85)109(94)91-47-31-43-79-78-42-30-46-90(98(78)107(99(79)91)74-38-23-18-24-39-74)108-88-54-49-70(101(4,5)6)58-82(88)83-59-71(102(7,8)9)50-55-89(83)108/h16-64H,1-15H3/i25D,26D,27D,28D,40D,41D,44D,45D. The summed E-state index contributed by atoms with van der Waals surface area (Å²) in [6.45, 7) is 33.8. The van der Waals surface area contributed by atoms with Crippen LogP contribution in [0.25, 0.3) is 116 Å². The van der Waals surface area contributed by atoms with Crippen LogP contribution < -0.4 is 26.2 Å². The van der Waals surface area contributed by atoms with Gasteiger partial charge in [0.25, 0.3) is 6.71 Å². The van der Waals surface area contributed by atoms with Gasteiger partial charge in [-0.15, -0.1) is 0 Å². The Morgan fingerprint density at radius 2 is 0.709 bits per heavy atom. The van der Waals surface area contributed by atoms with Gasteiger partial charge in [0.05, 0.1) is 61.1 Å². The molecule has 19 rings (SSSR count). The van der Waals surface area contributed by atoms with Crippen molar-refractivity contribution in [1.29, 1.82) is 0 Å². The molecule has 2 aliphatic rings. The SMILES string of the molecule is [2H]c1c([2H])c([2H])c2c(c1[2H])c1c([2H])c([2H])c([2H])c([2H])c1n2-c1ccc2c(c1)N(c1cccc3c4cccc(-n5c6ccc(C(C)(C)C)cc6c6cc(C(C)(C)C)ccc65)c4n(-c4ccccc4)c13)c1cc(C(C)(C)C)cc3c1B2c1ccc(-c2cccc(C(C)(C)C)c2)cc1N3c1c(-c2ccccc2)cc(C(C)(C)C)cc1-c1ccccc1. The summed E-state index contributed by atoms with van der Waals surface area (Å²) in [6, 6.07) is 88.6. The number of anilines is 6. The zero-order chi connectivity index (χ0) is 82.8. The molecule has 0 atom stereocenters. The van der Waals surface area contributed by atoms with Crippen molar-refractivity contribution in [2.24, 2.45) is 0 Å². The van der Waals surface area contributed by atoms with Crippen LogP contribution in [0.2, 0.25) is 0 Å². The quantitative estimate of drug-likeness (QED) is 0.141. The van der Waals surface area contributed by atoms with Gasteiger partial charge in [-0.2, -0.15) is 0 Å². The van der Waals surface area contributed by atoms with Crippen LogP contribution in [0.4, 0.5) is 34.1 Å². The lowest BCUT2D eigenvalue weighted by atomic mass is 9.33. The van der Waals surface area contributed by atoms with Gasteiger partial charge in [-0.05, 0) is 197 Å². The molecule has 0 fully saturated rings. The fraction of sp³-hybridized carbons (Fsp3) is 0.192. The van der Waals surface area contributed by atoms with E-state index in [1.54, 1.807) is 4.57 Å². The molecule has 0 unspecified atom stereocenters. The fourth-order valence-electron chi connectivity index (χ4n) is 17.5. The van der Waals surface area contributed by atoms with Gasteiger partial charge in [-0.1, -0.05) is 298 Å². The van der Waals surface area contributed by atoms with Gasteiger partial charge >= 0.3 is 0 Å². The van der Waals surface area contributed by atoms with Crippen LogP contribution in [-0.2, 0) is 27.1 Å². The summed E-state index contributed by atoms with van der Waals surface area (Å²) in [6.07, 6.45) is 0. The van der Waals surface area contributed by atoms with Gasteiger partial charge in [0, 0.05) is 77.6 Å². The van der Waals surface area contributed by atoms with Gasteiger partial charge < -0.3 is 23.5 Å². The number of nitrogens with zero attached hydrogens (tertiary/aromatic N) is 5. The third-order valence-corrected chi connectivity index (χ3v) is 23.4. The lowest BCUT2D eigenvalue weighted by Gasteiger charge is -2.46. The van der Waals surface area contributed by atoms with E-state index in [-0.39, 0.29) is 55.6 Å². The summed E-state index contributed by atoms with van der Waals surface area (Å²) >= 11 is 0. The number of aromatic nitrogens is 3. The maximum atomic E-state index is 9.93. The van der Waals surface area contributed by atoms with Gasteiger partial charge in [0.1, 0.15) is 0 Å². The van der Waals surface area contributed by atoms with E-state index in [1.807, 2.05) is 6.07 Å². The Morgan fingerprint density at radius 1 is 0.264 bits per heavy atom. The van der Waals surface area contributed by atoms with Crippen LogP contribution in [0.3, 0.4) is 0 Å². The van der Waals surface area contributed by atoms with Crippen molar-refractivity contribution in [3.05, 3.63) is 325 Å². The highest BCUT2D eigenvalue weighted by molar-refractivity contribution is 7.00. The molecule has 110 heavy (non-hydrogen) atoms. The molecule has 6 heteroatoms. The average Bonchev–Trinajstić information content (AvgIpc) is 1.16. The summed E-state index contributed by atoms with van der Waals surface area (Å²) in [5, 5.41) is 4.43. The smallest absolute Gasteiger partial charge is 0.252 e. The first kappa shape index (κ1) is 60.1. The minimum atomic E-state index is -0.498. The number of para-hydroxylation sites is 5. The molecule has 0 radical (unpaired) electrons. The Bertz CT molecular complexity index is 6910. The van der Waals surface area contributed by atoms with Crippen molar-refractivity contribution in [3.63, 3.8) is 0 Å². The minimum absolute atomic E-state index is 0.0123. The summed E-state index contributed by atoms with van der Waals surface area (Å²) in [5.41, 5.74) is 26.5. The lowest BCUT2D eigenvalue weighted by molar-refractivity contribution is 0.590. The van der Waals surface area contributed by atoms with Crippen molar-refractivity contribution < 1.29 is 11.0 Å². The fourth-order valence-corrected chi connectivity index (χ4v) is 17.5. The van der Waals surface area contributed by atoms with E-state index in [1.165, 1.54) is 33.0 Å². The van der Waals surface area contributed by atoms with E-state index >= 15 is 0 Å². The van der Waals surface area contributed by atoms with Crippen molar-refractivity contribution in [2.75, 3.05) is 9.80 Å². The van der Waals surface area contributed by atoms with Crippen LogP contribution in [-0.4, -0.2) is 20.4 Å². The first-order valence-electron chi connectivity index (χ1n) is 42.8. The lowest BCUT2D eigenvalue weighted by Crippen LogP contribution is -2.61. The molecule has 0 spiro atoms. The average molecular weight is 1430 g/mol. The van der Waals surface area contributed by atoms with Gasteiger partial charge in [0.2, 0.25) is 0 Å². The Kier molecular flexibility index (Phi) is 13.6. The molecule has 17 aromatic rings. The molecule has 0 saturated carbocycles.